The van der Waals surface area contributed by atoms with Gasteiger partial charge in [0.05, 0.1) is 12.1 Å². The van der Waals surface area contributed by atoms with Crippen molar-refractivity contribution in [2.75, 3.05) is 7.11 Å². The Morgan fingerprint density at radius 2 is 1.74 bits per heavy atom. The van der Waals surface area contributed by atoms with Gasteiger partial charge < -0.3 is 4.74 Å². The van der Waals surface area contributed by atoms with Crippen molar-refractivity contribution in [2.45, 2.75) is 25.2 Å². The monoisotopic (exact) mass is 372 g/mol. The van der Waals surface area contributed by atoms with E-state index in [4.69, 9.17) is 16.3 Å². The van der Waals surface area contributed by atoms with Crippen LogP contribution in [0.25, 0.3) is 21.5 Å². The molecule has 0 heterocycles. The summed E-state index contributed by atoms with van der Waals surface area (Å²) in [6.45, 7) is 0. The van der Waals surface area contributed by atoms with Gasteiger partial charge in [-0.2, -0.15) is 0 Å². The van der Waals surface area contributed by atoms with Gasteiger partial charge in [0.25, 0.3) is 0 Å². The quantitative estimate of drug-likeness (QED) is 0.347. The van der Waals surface area contributed by atoms with Crippen LogP contribution in [0.15, 0.2) is 66.7 Å². The number of rotatable bonds is 2. The van der Waals surface area contributed by atoms with E-state index >= 15 is 0 Å². The molecule has 134 valence electrons. The Bertz CT molecular complexity index is 1160. The minimum absolute atomic E-state index is 0.515. The molecule has 0 bridgehead atoms. The molecule has 4 aromatic rings. The first-order valence-corrected chi connectivity index (χ1v) is 9.88. The van der Waals surface area contributed by atoms with Crippen molar-refractivity contribution >= 4 is 33.1 Å². The van der Waals surface area contributed by atoms with Crippen molar-refractivity contribution in [1.29, 1.82) is 0 Å². The Balaban J connectivity index is 1.57. The molecule has 0 fully saturated rings. The average Bonchev–Trinajstić information content (AvgIpc) is 2.73. The number of benzene rings is 4. The summed E-state index contributed by atoms with van der Waals surface area (Å²) in [6, 6.07) is 24.1. The molecule has 5 rings (SSSR count). The second kappa shape index (κ2) is 6.58. The molecule has 0 amide bonds. The SMILES string of the molecule is COc1cc(C2CCc3c(ccc4c3ccc3ccccc34)C2)ccc1Cl. The second-order valence-electron chi connectivity index (χ2n) is 7.42. The van der Waals surface area contributed by atoms with Crippen molar-refractivity contribution in [1.82, 2.24) is 0 Å². The summed E-state index contributed by atoms with van der Waals surface area (Å²) in [5.74, 6) is 1.28. The van der Waals surface area contributed by atoms with E-state index in [2.05, 4.69) is 60.7 Å². The summed E-state index contributed by atoms with van der Waals surface area (Å²) in [5.41, 5.74) is 4.32. The van der Waals surface area contributed by atoms with Gasteiger partial charge >= 0.3 is 0 Å². The van der Waals surface area contributed by atoms with E-state index in [1.54, 1.807) is 7.11 Å². The minimum atomic E-state index is 0.515. The fourth-order valence-electron chi connectivity index (χ4n) is 4.58. The van der Waals surface area contributed by atoms with E-state index in [0.717, 1.165) is 25.0 Å². The number of hydrogen-bond donors (Lipinski definition) is 0. The third-order valence-electron chi connectivity index (χ3n) is 5.99. The van der Waals surface area contributed by atoms with Gasteiger partial charge in [-0.3, -0.25) is 0 Å². The number of aryl methyl sites for hydroxylation is 1. The predicted molar refractivity (Wildman–Crippen MR) is 114 cm³/mol. The zero-order valence-corrected chi connectivity index (χ0v) is 16.1. The van der Waals surface area contributed by atoms with E-state index in [9.17, 15) is 0 Å². The first kappa shape index (κ1) is 16.6. The summed E-state index contributed by atoms with van der Waals surface area (Å²) in [7, 11) is 1.68. The van der Waals surface area contributed by atoms with Crippen molar-refractivity contribution in [3.63, 3.8) is 0 Å². The lowest BCUT2D eigenvalue weighted by molar-refractivity contribution is 0.413. The molecule has 0 saturated carbocycles. The highest BCUT2D eigenvalue weighted by Gasteiger charge is 2.22. The fourth-order valence-corrected chi connectivity index (χ4v) is 4.78. The Morgan fingerprint density at radius 1 is 0.889 bits per heavy atom. The van der Waals surface area contributed by atoms with Crippen LogP contribution in [0.1, 0.15) is 29.0 Å². The van der Waals surface area contributed by atoms with Crippen molar-refractivity contribution in [3.8, 4) is 5.75 Å². The summed E-state index contributed by atoms with van der Waals surface area (Å²) in [5, 5.41) is 6.13. The standard InChI is InChI=1S/C25H21ClO/c1-27-25-15-18(9-13-24(25)26)17-7-10-21-19(14-17)8-12-22-20-5-3-2-4-16(20)6-11-23(21)22/h2-6,8-9,11-13,15,17H,7,10,14H2,1H3. The highest BCUT2D eigenvalue weighted by molar-refractivity contribution is 6.32. The third kappa shape index (κ3) is 2.78. The molecule has 1 aliphatic carbocycles. The number of hydrogen-bond acceptors (Lipinski definition) is 1. The van der Waals surface area contributed by atoms with Gasteiger partial charge in [-0.15, -0.1) is 0 Å². The van der Waals surface area contributed by atoms with Crippen LogP contribution in [0.3, 0.4) is 0 Å². The van der Waals surface area contributed by atoms with Crippen LogP contribution >= 0.6 is 11.6 Å². The molecule has 0 spiro atoms. The zero-order chi connectivity index (χ0) is 18.4. The molecular weight excluding hydrogens is 352 g/mol. The summed E-state index contributed by atoms with van der Waals surface area (Å²) in [6.07, 6.45) is 3.34. The van der Waals surface area contributed by atoms with Crippen LogP contribution in [0.4, 0.5) is 0 Å². The summed E-state index contributed by atoms with van der Waals surface area (Å²) >= 11 is 6.20. The third-order valence-corrected chi connectivity index (χ3v) is 6.30. The lowest BCUT2D eigenvalue weighted by Gasteiger charge is -2.27. The van der Waals surface area contributed by atoms with E-state index in [1.165, 1.54) is 38.2 Å². The summed E-state index contributed by atoms with van der Waals surface area (Å²) < 4.78 is 5.41. The normalized spacial score (nSPS) is 16.4. The molecule has 4 aromatic carbocycles. The number of ether oxygens (including phenoxy) is 1. The Morgan fingerprint density at radius 3 is 2.63 bits per heavy atom. The highest BCUT2D eigenvalue weighted by Crippen LogP contribution is 2.39. The van der Waals surface area contributed by atoms with Gasteiger partial charge in [-0.1, -0.05) is 66.2 Å². The number of fused-ring (bicyclic) bond motifs is 5. The van der Waals surface area contributed by atoms with Crippen LogP contribution in [-0.4, -0.2) is 7.11 Å². The fraction of sp³-hybridized carbons (Fsp3) is 0.200. The van der Waals surface area contributed by atoms with Crippen LogP contribution in [-0.2, 0) is 12.8 Å². The van der Waals surface area contributed by atoms with Gasteiger partial charge in [0.2, 0.25) is 0 Å². The molecule has 2 heteroatoms. The molecule has 0 aromatic heterocycles. The van der Waals surface area contributed by atoms with Gasteiger partial charge in [0, 0.05) is 0 Å². The topological polar surface area (TPSA) is 9.23 Å². The molecule has 1 unspecified atom stereocenters. The minimum Gasteiger partial charge on any atom is -0.495 e. The average molecular weight is 373 g/mol. The van der Waals surface area contributed by atoms with E-state index in [1.807, 2.05) is 6.07 Å². The van der Waals surface area contributed by atoms with Gasteiger partial charge in [-0.05, 0) is 75.5 Å². The molecule has 0 N–H and O–H groups in total. The number of halogens is 1. The Labute approximate surface area is 164 Å². The van der Waals surface area contributed by atoms with Crippen LogP contribution in [0.5, 0.6) is 5.75 Å². The molecule has 0 radical (unpaired) electrons. The Kier molecular flexibility index (Phi) is 4.06. The molecule has 27 heavy (non-hydrogen) atoms. The van der Waals surface area contributed by atoms with Crippen LogP contribution < -0.4 is 4.74 Å². The second-order valence-corrected chi connectivity index (χ2v) is 7.83. The molecular formula is C25H21ClO. The number of methoxy groups -OCH3 is 1. The predicted octanol–water partition coefficient (Wildman–Crippen LogP) is 6.93. The van der Waals surface area contributed by atoms with E-state index in [-0.39, 0.29) is 0 Å². The van der Waals surface area contributed by atoms with E-state index < -0.39 is 0 Å². The maximum Gasteiger partial charge on any atom is 0.137 e. The van der Waals surface area contributed by atoms with Gasteiger partial charge in [0.15, 0.2) is 0 Å². The molecule has 0 aliphatic heterocycles. The van der Waals surface area contributed by atoms with Crippen LogP contribution in [0.2, 0.25) is 5.02 Å². The van der Waals surface area contributed by atoms with Crippen molar-refractivity contribution in [3.05, 3.63) is 88.4 Å². The Hall–Kier alpha value is -2.51. The molecule has 1 aliphatic rings. The van der Waals surface area contributed by atoms with Gasteiger partial charge in [0.1, 0.15) is 5.75 Å². The van der Waals surface area contributed by atoms with Crippen molar-refractivity contribution in [2.24, 2.45) is 0 Å². The molecule has 0 saturated heterocycles. The lowest BCUT2D eigenvalue weighted by Crippen LogP contribution is -2.13. The van der Waals surface area contributed by atoms with E-state index in [0.29, 0.717) is 10.9 Å². The zero-order valence-electron chi connectivity index (χ0n) is 15.3. The van der Waals surface area contributed by atoms with Gasteiger partial charge in [-0.25, -0.2) is 0 Å². The smallest absolute Gasteiger partial charge is 0.137 e. The summed E-state index contributed by atoms with van der Waals surface area (Å²) in [4.78, 5) is 0. The maximum absolute atomic E-state index is 6.20. The highest BCUT2D eigenvalue weighted by atomic mass is 35.5. The largest absolute Gasteiger partial charge is 0.495 e. The first-order chi connectivity index (χ1) is 13.2. The molecule has 1 atom stereocenters. The first-order valence-electron chi connectivity index (χ1n) is 9.50. The van der Waals surface area contributed by atoms with Crippen LogP contribution in [0, 0.1) is 0 Å². The van der Waals surface area contributed by atoms with Crippen molar-refractivity contribution < 1.29 is 4.74 Å². The molecule has 1 nitrogen and oxygen atoms in total. The maximum atomic E-state index is 6.20. The lowest BCUT2D eigenvalue weighted by atomic mass is 9.78.